The Balaban J connectivity index is 2.32. The van der Waals surface area contributed by atoms with Crippen molar-refractivity contribution >= 4 is 18.0 Å². The molecular formula is C12H17N2O5-. The van der Waals surface area contributed by atoms with Gasteiger partial charge in [0.1, 0.15) is 0 Å². The maximum atomic E-state index is 11.4. The Morgan fingerprint density at radius 1 is 1.32 bits per heavy atom. The minimum atomic E-state index is -1.41. The van der Waals surface area contributed by atoms with Crippen LogP contribution in [0.25, 0.3) is 0 Å². The van der Waals surface area contributed by atoms with Gasteiger partial charge in [0.25, 0.3) is 0 Å². The Morgan fingerprint density at radius 2 is 1.95 bits per heavy atom. The predicted molar refractivity (Wildman–Crippen MR) is 63.9 cm³/mol. The summed E-state index contributed by atoms with van der Waals surface area (Å²) in [5.41, 5.74) is 0. The quantitative estimate of drug-likeness (QED) is 0.662. The molecule has 1 rings (SSSR count). The van der Waals surface area contributed by atoms with E-state index in [4.69, 9.17) is 4.74 Å². The van der Waals surface area contributed by atoms with E-state index < -0.39 is 11.9 Å². The van der Waals surface area contributed by atoms with Crippen LogP contribution in [0.1, 0.15) is 19.8 Å². The Morgan fingerprint density at radius 3 is 2.47 bits per heavy atom. The molecule has 1 aliphatic heterocycles. The predicted octanol–water partition coefficient (Wildman–Crippen LogP) is -0.970. The van der Waals surface area contributed by atoms with Crippen molar-refractivity contribution in [2.75, 3.05) is 19.7 Å². The third-order valence-electron chi connectivity index (χ3n) is 2.74. The van der Waals surface area contributed by atoms with Crippen molar-refractivity contribution in [1.29, 1.82) is 0 Å². The number of aliphatic carboxylic acids is 1. The topological polar surface area (TPSA) is 98.8 Å². The molecule has 0 aliphatic carbocycles. The van der Waals surface area contributed by atoms with E-state index in [0.29, 0.717) is 38.6 Å². The average Bonchev–Trinajstić information content (AvgIpc) is 2.37. The number of carboxylic acids is 1. The molecule has 0 saturated carbocycles. The van der Waals surface area contributed by atoms with Crippen LogP contribution in [0.15, 0.2) is 12.2 Å². The smallest absolute Gasteiger partial charge is 0.409 e. The monoisotopic (exact) mass is 269 g/mol. The number of amides is 2. The summed E-state index contributed by atoms with van der Waals surface area (Å²) in [7, 11) is 0. The highest BCUT2D eigenvalue weighted by Crippen LogP contribution is 2.11. The second kappa shape index (κ2) is 7.40. The molecular weight excluding hydrogens is 252 g/mol. The highest BCUT2D eigenvalue weighted by Gasteiger charge is 2.23. The molecule has 0 aromatic rings. The Labute approximate surface area is 111 Å². The van der Waals surface area contributed by atoms with E-state index in [1.165, 1.54) is 0 Å². The van der Waals surface area contributed by atoms with Crippen LogP contribution in [-0.4, -0.2) is 48.6 Å². The van der Waals surface area contributed by atoms with Crippen molar-refractivity contribution < 1.29 is 24.2 Å². The highest BCUT2D eigenvalue weighted by atomic mass is 16.6. The minimum absolute atomic E-state index is 0.0652. The molecule has 7 heteroatoms. The molecule has 0 radical (unpaired) electrons. The van der Waals surface area contributed by atoms with E-state index in [1.54, 1.807) is 11.8 Å². The average molecular weight is 269 g/mol. The van der Waals surface area contributed by atoms with Crippen LogP contribution >= 0.6 is 0 Å². The van der Waals surface area contributed by atoms with Gasteiger partial charge in [-0.3, -0.25) is 4.79 Å². The maximum Gasteiger partial charge on any atom is 0.409 e. The van der Waals surface area contributed by atoms with Gasteiger partial charge in [0.2, 0.25) is 5.91 Å². The first-order chi connectivity index (χ1) is 9.02. The number of nitrogens with zero attached hydrogens (tertiary/aromatic N) is 1. The molecule has 0 aromatic heterocycles. The number of rotatable bonds is 4. The van der Waals surface area contributed by atoms with E-state index in [9.17, 15) is 19.5 Å². The molecule has 0 spiro atoms. The van der Waals surface area contributed by atoms with Crippen molar-refractivity contribution in [2.24, 2.45) is 0 Å². The van der Waals surface area contributed by atoms with Gasteiger partial charge in [-0.25, -0.2) is 4.79 Å². The fourth-order valence-electron chi connectivity index (χ4n) is 1.81. The zero-order chi connectivity index (χ0) is 14.3. The highest BCUT2D eigenvalue weighted by molar-refractivity contribution is 5.93. The SMILES string of the molecule is CCOC(=O)N1CCC(NC(=O)/C=C/C(=O)[O-])CC1. The molecule has 1 heterocycles. The Hall–Kier alpha value is -2.05. The number of hydrogen-bond donors (Lipinski definition) is 1. The summed E-state index contributed by atoms with van der Waals surface area (Å²) in [5, 5.41) is 12.8. The van der Waals surface area contributed by atoms with E-state index in [0.717, 1.165) is 6.08 Å². The number of likely N-dealkylation sites (tertiary alicyclic amines) is 1. The van der Waals surface area contributed by atoms with Crippen molar-refractivity contribution in [1.82, 2.24) is 10.2 Å². The van der Waals surface area contributed by atoms with Gasteiger partial charge in [0, 0.05) is 25.2 Å². The number of carbonyl (C=O) groups is 3. The molecule has 0 atom stereocenters. The fourth-order valence-corrected chi connectivity index (χ4v) is 1.81. The van der Waals surface area contributed by atoms with Crippen LogP contribution in [0.2, 0.25) is 0 Å². The summed E-state index contributed by atoms with van der Waals surface area (Å²) in [4.78, 5) is 34.5. The number of carbonyl (C=O) groups excluding carboxylic acids is 3. The lowest BCUT2D eigenvalue weighted by Gasteiger charge is -2.31. The lowest BCUT2D eigenvalue weighted by molar-refractivity contribution is -0.297. The van der Waals surface area contributed by atoms with Crippen molar-refractivity contribution in [3.8, 4) is 0 Å². The second-order valence-electron chi connectivity index (χ2n) is 4.12. The molecule has 106 valence electrons. The number of carboxylic acid groups (broad SMARTS) is 1. The van der Waals surface area contributed by atoms with Crippen LogP contribution in [-0.2, 0) is 14.3 Å². The molecule has 2 amide bonds. The molecule has 0 aromatic carbocycles. The molecule has 1 aliphatic rings. The first-order valence-electron chi connectivity index (χ1n) is 6.14. The minimum Gasteiger partial charge on any atom is -0.545 e. The molecule has 1 saturated heterocycles. The van der Waals surface area contributed by atoms with E-state index in [1.807, 2.05) is 0 Å². The van der Waals surface area contributed by atoms with Gasteiger partial charge in [0.15, 0.2) is 0 Å². The molecule has 0 bridgehead atoms. The van der Waals surface area contributed by atoms with Crippen molar-refractivity contribution in [2.45, 2.75) is 25.8 Å². The molecule has 1 N–H and O–H groups in total. The van der Waals surface area contributed by atoms with Crippen LogP contribution in [0.4, 0.5) is 4.79 Å². The summed E-state index contributed by atoms with van der Waals surface area (Å²) in [5.74, 6) is -1.88. The Bertz CT molecular complexity index is 372. The third-order valence-corrected chi connectivity index (χ3v) is 2.74. The standard InChI is InChI=1S/C12H18N2O5/c1-2-19-12(18)14-7-5-9(6-8-14)13-10(15)3-4-11(16)17/h3-4,9H,2,5-8H2,1H3,(H,13,15)(H,16,17)/p-1/b4-3+. The first-order valence-corrected chi connectivity index (χ1v) is 6.14. The summed E-state index contributed by atoms with van der Waals surface area (Å²) in [6.07, 6.45) is 2.49. The number of ether oxygens (including phenoxy) is 1. The molecule has 7 nitrogen and oxygen atoms in total. The molecule has 19 heavy (non-hydrogen) atoms. The van der Waals surface area contributed by atoms with Gasteiger partial charge in [0.05, 0.1) is 12.6 Å². The number of hydrogen-bond acceptors (Lipinski definition) is 5. The zero-order valence-corrected chi connectivity index (χ0v) is 10.8. The summed E-state index contributed by atoms with van der Waals surface area (Å²) >= 11 is 0. The van der Waals surface area contributed by atoms with Gasteiger partial charge in [-0.15, -0.1) is 0 Å². The molecule has 1 fully saturated rings. The van der Waals surface area contributed by atoms with Crippen LogP contribution in [0.3, 0.4) is 0 Å². The van der Waals surface area contributed by atoms with Gasteiger partial charge in [-0.2, -0.15) is 0 Å². The van der Waals surface area contributed by atoms with E-state index in [-0.39, 0.29) is 12.1 Å². The number of piperidine rings is 1. The van der Waals surface area contributed by atoms with Crippen molar-refractivity contribution in [3.05, 3.63) is 12.2 Å². The lowest BCUT2D eigenvalue weighted by Crippen LogP contribution is -2.46. The van der Waals surface area contributed by atoms with Gasteiger partial charge >= 0.3 is 6.09 Å². The van der Waals surface area contributed by atoms with Crippen LogP contribution in [0.5, 0.6) is 0 Å². The third kappa shape index (κ3) is 5.41. The van der Waals surface area contributed by atoms with Gasteiger partial charge in [-0.05, 0) is 25.8 Å². The lowest BCUT2D eigenvalue weighted by atomic mass is 10.1. The zero-order valence-electron chi connectivity index (χ0n) is 10.8. The Kier molecular flexibility index (Phi) is 5.84. The fraction of sp³-hybridized carbons (Fsp3) is 0.583. The van der Waals surface area contributed by atoms with Gasteiger partial charge < -0.3 is 24.9 Å². The first kappa shape index (κ1) is 15.0. The normalized spacial score (nSPS) is 16.4. The van der Waals surface area contributed by atoms with Crippen molar-refractivity contribution in [3.63, 3.8) is 0 Å². The molecule has 0 unspecified atom stereocenters. The largest absolute Gasteiger partial charge is 0.545 e. The summed E-state index contributed by atoms with van der Waals surface area (Å²) < 4.78 is 4.88. The second-order valence-corrected chi connectivity index (χ2v) is 4.12. The van der Waals surface area contributed by atoms with Gasteiger partial charge in [-0.1, -0.05) is 0 Å². The summed E-state index contributed by atoms with van der Waals surface area (Å²) in [6.45, 7) is 3.10. The number of nitrogens with one attached hydrogen (secondary N) is 1. The summed E-state index contributed by atoms with van der Waals surface area (Å²) in [6, 6.07) is -0.0652. The van der Waals surface area contributed by atoms with E-state index in [2.05, 4.69) is 5.32 Å². The van der Waals surface area contributed by atoms with Crippen LogP contribution < -0.4 is 10.4 Å². The van der Waals surface area contributed by atoms with E-state index >= 15 is 0 Å². The maximum absolute atomic E-state index is 11.4. The van der Waals surface area contributed by atoms with Crippen LogP contribution in [0, 0.1) is 0 Å².